The SMILES string of the molecule is COC(=O)c1ccc(N=C(NC#N)SC)c(O)c1. The van der Waals surface area contributed by atoms with Crippen molar-refractivity contribution < 1.29 is 14.6 Å². The summed E-state index contributed by atoms with van der Waals surface area (Å²) in [4.78, 5) is 15.3. The van der Waals surface area contributed by atoms with Gasteiger partial charge in [-0.15, -0.1) is 0 Å². The van der Waals surface area contributed by atoms with Gasteiger partial charge in [0.25, 0.3) is 0 Å². The van der Waals surface area contributed by atoms with E-state index in [1.807, 2.05) is 0 Å². The number of rotatable bonds is 2. The Balaban J connectivity index is 3.06. The average molecular weight is 265 g/mol. The highest BCUT2D eigenvalue weighted by Crippen LogP contribution is 2.28. The molecule has 1 aromatic carbocycles. The first-order chi connectivity index (χ1) is 8.62. The maximum absolute atomic E-state index is 11.2. The molecule has 1 rings (SSSR count). The number of carbonyl (C=O) groups excluding carboxylic acids is 1. The molecule has 2 N–H and O–H groups in total. The van der Waals surface area contributed by atoms with Crippen molar-refractivity contribution in [3.05, 3.63) is 23.8 Å². The number of nitrogens with one attached hydrogen (secondary N) is 1. The quantitative estimate of drug-likeness (QED) is 0.277. The van der Waals surface area contributed by atoms with Gasteiger partial charge in [0, 0.05) is 0 Å². The fourth-order valence-electron chi connectivity index (χ4n) is 1.14. The standard InChI is InChI=1S/C11H11N3O3S/c1-17-10(16)7-3-4-8(9(15)5-7)14-11(18-2)13-6-12/h3-5,15H,1-2H3,(H,13,14). The summed E-state index contributed by atoms with van der Waals surface area (Å²) in [7, 11) is 1.26. The number of aromatic hydroxyl groups is 1. The molecule has 94 valence electrons. The Morgan fingerprint density at radius 1 is 1.61 bits per heavy atom. The van der Waals surface area contributed by atoms with Crippen LogP contribution in [0.3, 0.4) is 0 Å². The number of phenols is 1. The van der Waals surface area contributed by atoms with Crippen molar-refractivity contribution in [1.82, 2.24) is 5.32 Å². The van der Waals surface area contributed by atoms with E-state index in [2.05, 4.69) is 15.0 Å². The predicted molar refractivity (Wildman–Crippen MR) is 68.8 cm³/mol. The summed E-state index contributed by atoms with van der Waals surface area (Å²) in [6.45, 7) is 0. The summed E-state index contributed by atoms with van der Waals surface area (Å²) >= 11 is 1.23. The third-order valence-electron chi connectivity index (χ3n) is 1.97. The molecule has 1 aromatic rings. The number of amidine groups is 1. The van der Waals surface area contributed by atoms with Gasteiger partial charge >= 0.3 is 5.97 Å². The molecule has 0 heterocycles. The van der Waals surface area contributed by atoms with Crippen LogP contribution in [0.2, 0.25) is 0 Å². The predicted octanol–water partition coefficient (Wildman–Crippen LogP) is 1.60. The summed E-state index contributed by atoms with van der Waals surface area (Å²) < 4.78 is 4.53. The zero-order valence-corrected chi connectivity index (χ0v) is 10.6. The fraction of sp³-hybridized carbons (Fsp3) is 0.182. The molecular formula is C11H11N3O3S. The van der Waals surface area contributed by atoms with Crippen LogP contribution in [-0.2, 0) is 4.74 Å². The minimum Gasteiger partial charge on any atom is -0.506 e. The van der Waals surface area contributed by atoms with E-state index >= 15 is 0 Å². The van der Waals surface area contributed by atoms with Crippen LogP contribution in [0.15, 0.2) is 23.2 Å². The molecule has 7 heteroatoms. The lowest BCUT2D eigenvalue weighted by Gasteiger charge is -2.04. The Kier molecular flexibility index (Phi) is 5.02. The van der Waals surface area contributed by atoms with Crippen LogP contribution in [0.1, 0.15) is 10.4 Å². The first-order valence-electron chi connectivity index (χ1n) is 4.81. The molecule has 0 bridgehead atoms. The van der Waals surface area contributed by atoms with Crippen molar-refractivity contribution in [3.8, 4) is 11.9 Å². The van der Waals surface area contributed by atoms with Crippen LogP contribution >= 0.6 is 11.8 Å². The number of hydrogen-bond donors (Lipinski definition) is 2. The molecular weight excluding hydrogens is 254 g/mol. The van der Waals surface area contributed by atoms with Crippen LogP contribution in [0.5, 0.6) is 5.75 Å². The van der Waals surface area contributed by atoms with Crippen LogP contribution in [-0.4, -0.2) is 29.6 Å². The van der Waals surface area contributed by atoms with Crippen molar-refractivity contribution in [2.45, 2.75) is 0 Å². The van der Waals surface area contributed by atoms with Crippen molar-refractivity contribution in [2.24, 2.45) is 4.99 Å². The number of esters is 1. The number of phenolic OH excluding ortho intramolecular Hbond substituents is 1. The van der Waals surface area contributed by atoms with Crippen molar-refractivity contribution >= 4 is 28.6 Å². The molecule has 0 aromatic heterocycles. The van der Waals surface area contributed by atoms with Crippen LogP contribution in [0.25, 0.3) is 0 Å². The first-order valence-corrected chi connectivity index (χ1v) is 6.04. The molecule has 0 aliphatic carbocycles. The number of thioether (sulfide) groups is 1. The van der Waals surface area contributed by atoms with E-state index in [0.29, 0.717) is 5.17 Å². The zero-order valence-electron chi connectivity index (χ0n) is 9.80. The van der Waals surface area contributed by atoms with Crippen molar-refractivity contribution in [2.75, 3.05) is 13.4 Å². The number of aliphatic imine (C=N–C) groups is 1. The Labute approximate surface area is 108 Å². The summed E-state index contributed by atoms with van der Waals surface area (Å²) in [5.41, 5.74) is 0.489. The summed E-state index contributed by atoms with van der Waals surface area (Å²) in [6.07, 6.45) is 3.48. The lowest BCUT2D eigenvalue weighted by atomic mass is 10.2. The lowest BCUT2D eigenvalue weighted by Crippen LogP contribution is -2.12. The monoisotopic (exact) mass is 265 g/mol. The molecule has 0 unspecified atom stereocenters. The number of carbonyl (C=O) groups is 1. The first kappa shape index (κ1) is 13.9. The molecule has 0 radical (unpaired) electrons. The van der Waals surface area contributed by atoms with Gasteiger partial charge in [0.2, 0.25) is 0 Å². The van der Waals surface area contributed by atoms with Crippen molar-refractivity contribution in [3.63, 3.8) is 0 Å². The third kappa shape index (κ3) is 3.40. The highest BCUT2D eigenvalue weighted by molar-refractivity contribution is 8.13. The second-order valence-electron chi connectivity index (χ2n) is 3.05. The zero-order chi connectivity index (χ0) is 13.5. The van der Waals surface area contributed by atoms with E-state index in [-0.39, 0.29) is 17.0 Å². The number of methoxy groups -OCH3 is 1. The van der Waals surface area contributed by atoms with E-state index in [9.17, 15) is 9.90 Å². The van der Waals surface area contributed by atoms with Gasteiger partial charge in [-0.1, -0.05) is 11.8 Å². The summed E-state index contributed by atoms with van der Waals surface area (Å²) in [5, 5.41) is 20.9. The van der Waals surface area contributed by atoms with Gasteiger partial charge in [-0.05, 0) is 24.5 Å². The van der Waals surface area contributed by atoms with E-state index in [0.717, 1.165) is 0 Å². The molecule has 0 spiro atoms. The molecule has 0 atom stereocenters. The Hall–Kier alpha value is -2.20. The average Bonchev–Trinajstić information content (AvgIpc) is 2.39. The molecule has 0 aliphatic rings. The van der Waals surface area contributed by atoms with Gasteiger partial charge in [0.1, 0.15) is 11.4 Å². The van der Waals surface area contributed by atoms with Crippen LogP contribution in [0, 0.1) is 11.5 Å². The number of nitriles is 1. The second kappa shape index (κ2) is 6.51. The molecule has 0 amide bonds. The van der Waals surface area contributed by atoms with Gasteiger partial charge in [0.15, 0.2) is 11.4 Å². The number of hydrogen-bond acceptors (Lipinski definition) is 6. The number of benzene rings is 1. The second-order valence-corrected chi connectivity index (χ2v) is 3.85. The maximum Gasteiger partial charge on any atom is 0.337 e. The largest absolute Gasteiger partial charge is 0.506 e. The molecule has 0 fully saturated rings. The van der Waals surface area contributed by atoms with E-state index in [1.165, 1.54) is 37.1 Å². The maximum atomic E-state index is 11.2. The van der Waals surface area contributed by atoms with Crippen LogP contribution in [0.4, 0.5) is 5.69 Å². The summed E-state index contributed by atoms with van der Waals surface area (Å²) in [5.74, 6) is -0.703. The van der Waals surface area contributed by atoms with Crippen LogP contribution < -0.4 is 5.32 Å². The molecule has 6 nitrogen and oxygen atoms in total. The molecule has 0 saturated carbocycles. The third-order valence-corrected chi connectivity index (χ3v) is 2.55. The van der Waals surface area contributed by atoms with E-state index < -0.39 is 5.97 Å². The smallest absolute Gasteiger partial charge is 0.337 e. The summed E-state index contributed by atoms with van der Waals surface area (Å²) in [6, 6.07) is 4.21. The Morgan fingerprint density at radius 3 is 2.83 bits per heavy atom. The fourth-order valence-corrected chi connectivity index (χ4v) is 1.48. The lowest BCUT2D eigenvalue weighted by molar-refractivity contribution is 0.0600. The highest BCUT2D eigenvalue weighted by Gasteiger charge is 2.09. The van der Waals surface area contributed by atoms with E-state index in [1.54, 1.807) is 12.4 Å². The van der Waals surface area contributed by atoms with Gasteiger partial charge < -0.3 is 9.84 Å². The normalized spacial score (nSPS) is 10.6. The van der Waals surface area contributed by atoms with Gasteiger partial charge in [0.05, 0.1) is 12.7 Å². The highest BCUT2D eigenvalue weighted by atomic mass is 32.2. The minimum atomic E-state index is -0.541. The van der Waals surface area contributed by atoms with Gasteiger partial charge in [-0.3, -0.25) is 5.32 Å². The van der Waals surface area contributed by atoms with E-state index in [4.69, 9.17) is 5.26 Å². The van der Waals surface area contributed by atoms with Crippen molar-refractivity contribution in [1.29, 1.82) is 5.26 Å². The molecule has 18 heavy (non-hydrogen) atoms. The number of nitrogens with zero attached hydrogens (tertiary/aromatic N) is 2. The Bertz CT molecular complexity index is 523. The van der Waals surface area contributed by atoms with Gasteiger partial charge in [-0.25, -0.2) is 9.79 Å². The minimum absolute atomic E-state index is 0.163. The number of ether oxygens (including phenoxy) is 1. The molecule has 0 aliphatic heterocycles. The Morgan fingerprint density at radius 2 is 2.33 bits per heavy atom. The topological polar surface area (TPSA) is 94.7 Å². The molecule has 0 saturated heterocycles. The van der Waals surface area contributed by atoms with Gasteiger partial charge in [-0.2, -0.15) is 5.26 Å².